The quantitative estimate of drug-likeness (QED) is 0.595. The van der Waals surface area contributed by atoms with Crippen LogP contribution in [0.15, 0.2) is 60.0 Å². The number of alkyl halides is 2. The second-order valence-electron chi connectivity index (χ2n) is 8.27. The highest BCUT2D eigenvalue weighted by Crippen LogP contribution is 2.43. The van der Waals surface area contributed by atoms with E-state index in [-0.39, 0.29) is 17.6 Å². The van der Waals surface area contributed by atoms with Gasteiger partial charge in [-0.1, -0.05) is 0 Å². The lowest BCUT2D eigenvalue weighted by molar-refractivity contribution is -0.129. The second-order valence-corrected chi connectivity index (χ2v) is 8.27. The Hall–Kier alpha value is -3.95. The molecule has 2 N–H and O–H groups in total. The molecule has 174 valence electrons. The molecule has 1 fully saturated rings. The normalized spacial score (nSPS) is 20.1. The Morgan fingerprint density at radius 2 is 1.91 bits per heavy atom. The fourth-order valence-electron chi connectivity index (χ4n) is 3.97. The van der Waals surface area contributed by atoms with Crippen LogP contribution in [0.2, 0.25) is 0 Å². The lowest BCUT2D eigenvalue weighted by Gasteiger charge is -2.27. The summed E-state index contributed by atoms with van der Waals surface area (Å²) < 4.78 is 46.9. The van der Waals surface area contributed by atoms with E-state index in [1.54, 1.807) is 18.2 Å². The maximum atomic E-state index is 13.9. The van der Waals surface area contributed by atoms with E-state index in [0.29, 0.717) is 22.4 Å². The Morgan fingerprint density at radius 1 is 1.12 bits per heavy atom. The molecule has 10 heteroatoms. The third-order valence-corrected chi connectivity index (χ3v) is 5.85. The van der Waals surface area contributed by atoms with Crippen molar-refractivity contribution in [3.8, 4) is 16.9 Å². The first-order valence-corrected chi connectivity index (χ1v) is 10.6. The van der Waals surface area contributed by atoms with Gasteiger partial charge in [-0.2, -0.15) is 0 Å². The topological polar surface area (TPSA) is 93.7 Å². The summed E-state index contributed by atoms with van der Waals surface area (Å²) in [5.74, 6) is -0.680. The first kappa shape index (κ1) is 21.9. The molecule has 7 nitrogen and oxygen atoms in total. The predicted molar refractivity (Wildman–Crippen MR) is 118 cm³/mol. The van der Waals surface area contributed by atoms with Gasteiger partial charge >= 0.3 is 0 Å². The highest BCUT2D eigenvalue weighted by Gasteiger charge is 2.50. The average molecular weight is 467 g/mol. The fraction of sp³-hybridized carbons (Fsp3) is 0.250. The van der Waals surface area contributed by atoms with Gasteiger partial charge in [0.25, 0.3) is 12.3 Å². The number of carbonyl (C=O) groups is 1. The van der Waals surface area contributed by atoms with E-state index < -0.39 is 29.4 Å². The van der Waals surface area contributed by atoms with E-state index in [9.17, 15) is 18.0 Å². The second kappa shape index (κ2) is 8.12. The Balaban J connectivity index is 1.75. The van der Waals surface area contributed by atoms with Gasteiger partial charge in [0.1, 0.15) is 17.3 Å². The molecule has 2 aromatic heterocycles. The molecular weight excluding hydrogens is 447 g/mol. The SMILES string of the molecule is CN1C(=O)C(c2cc(OC3CC3)cc(-c3cncc(F)c3)c2)(c2ccnc(C(F)F)c2)N=C1N. The number of benzene rings is 1. The zero-order valence-electron chi connectivity index (χ0n) is 18.1. The van der Waals surface area contributed by atoms with Gasteiger partial charge in [-0.25, -0.2) is 18.2 Å². The van der Waals surface area contributed by atoms with Gasteiger partial charge in [-0.3, -0.25) is 19.7 Å². The summed E-state index contributed by atoms with van der Waals surface area (Å²) in [5.41, 5.74) is 5.28. The number of aliphatic imine (C=N–C) groups is 1. The molecule has 1 atom stereocenters. The summed E-state index contributed by atoms with van der Waals surface area (Å²) in [4.78, 5) is 26.8. The number of pyridine rings is 2. The van der Waals surface area contributed by atoms with E-state index in [1.165, 1.54) is 36.5 Å². The first-order valence-electron chi connectivity index (χ1n) is 10.6. The molecular formula is C24H20F3N5O2. The van der Waals surface area contributed by atoms with Gasteiger partial charge in [-0.15, -0.1) is 0 Å². The van der Waals surface area contributed by atoms with Crippen LogP contribution in [0.4, 0.5) is 13.2 Å². The summed E-state index contributed by atoms with van der Waals surface area (Å²) in [7, 11) is 1.46. The van der Waals surface area contributed by atoms with Gasteiger partial charge in [0.05, 0.1) is 12.3 Å². The van der Waals surface area contributed by atoms with Crippen LogP contribution in [0.25, 0.3) is 11.1 Å². The van der Waals surface area contributed by atoms with Crippen molar-refractivity contribution < 1.29 is 22.7 Å². The molecule has 3 heterocycles. The number of hydrogen-bond donors (Lipinski definition) is 1. The van der Waals surface area contributed by atoms with Crippen LogP contribution in [0.3, 0.4) is 0 Å². The first-order chi connectivity index (χ1) is 16.3. The lowest BCUT2D eigenvalue weighted by Crippen LogP contribution is -2.41. The van der Waals surface area contributed by atoms with Gasteiger partial charge in [0, 0.05) is 25.0 Å². The molecule has 1 aromatic carbocycles. The van der Waals surface area contributed by atoms with Crippen LogP contribution in [0, 0.1) is 5.82 Å². The molecule has 0 spiro atoms. The van der Waals surface area contributed by atoms with E-state index in [2.05, 4.69) is 15.0 Å². The number of guanidine groups is 1. The van der Waals surface area contributed by atoms with Crippen molar-refractivity contribution in [3.63, 3.8) is 0 Å². The van der Waals surface area contributed by atoms with Crippen molar-refractivity contribution in [3.05, 3.63) is 77.6 Å². The van der Waals surface area contributed by atoms with Crippen molar-refractivity contribution >= 4 is 11.9 Å². The minimum atomic E-state index is -2.84. The fourth-order valence-corrected chi connectivity index (χ4v) is 3.97. The summed E-state index contributed by atoms with van der Waals surface area (Å²) >= 11 is 0. The molecule has 1 saturated carbocycles. The number of nitrogens with zero attached hydrogens (tertiary/aromatic N) is 4. The molecule has 1 unspecified atom stereocenters. The van der Waals surface area contributed by atoms with Crippen molar-refractivity contribution in [1.29, 1.82) is 0 Å². The number of halogens is 3. The summed E-state index contributed by atoms with van der Waals surface area (Å²) in [6.07, 6.45) is 2.74. The Morgan fingerprint density at radius 3 is 2.56 bits per heavy atom. The van der Waals surface area contributed by atoms with E-state index in [1.807, 2.05) is 0 Å². The van der Waals surface area contributed by atoms with Crippen LogP contribution in [-0.4, -0.2) is 39.9 Å². The number of carbonyl (C=O) groups excluding carboxylic acids is 1. The smallest absolute Gasteiger partial charge is 0.280 e. The van der Waals surface area contributed by atoms with Crippen LogP contribution in [0.5, 0.6) is 5.75 Å². The minimum absolute atomic E-state index is 0.0339. The molecule has 1 aliphatic carbocycles. The van der Waals surface area contributed by atoms with Gasteiger partial charge < -0.3 is 10.5 Å². The summed E-state index contributed by atoms with van der Waals surface area (Å²) in [6.45, 7) is 0. The number of hydrogen-bond acceptors (Lipinski definition) is 6. The molecule has 0 radical (unpaired) electrons. The standard InChI is InChI=1S/C24H20F3N5O2/c1-32-22(33)24(31-23(32)28,15-4-5-30-20(10-15)21(26)27)16-6-13(14-7-17(25)12-29-11-14)8-19(9-16)34-18-2-3-18/h4-12,18,21H,2-3H2,1H3,(H2,28,31). The zero-order valence-corrected chi connectivity index (χ0v) is 18.1. The van der Waals surface area contributed by atoms with Crippen LogP contribution in [0.1, 0.15) is 36.1 Å². The van der Waals surface area contributed by atoms with Crippen molar-refractivity contribution in [2.75, 3.05) is 7.05 Å². The van der Waals surface area contributed by atoms with E-state index in [0.717, 1.165) is 25.1 Å². The molecule has 0 saturated heterocycles. The predicted octanol–water partition coefficient (Wildman–Crippen LogP) is 3.79. The molecule has 0 bridgehead atoms. The van der Waals surface area contributed by atoms with Crippen molar-refractivity contribution in [2.24, 2.45) is 10.7 Å². The largest absolute Gasteiger partial charge is 0.490 e. The molecule has 2 aliphatic rings. The third kappa shape index (κ3) is 3.74. The molecule has 1 aliphatic heterocycles. The third-order valence-electron chi connectivity index (χ3n) is 5.85. The molecule has 1 amide bonds. The monoisotopic (exact) mass is 467 g/mol. The van der Waals surface area contributed by atoms with E-state index in [4.69, 9.17) is 10.5 Å². The maximum Gasteiger partial charge on any atom is 0.280 e. The number of ether oxygens (including phenoxy) is 1. The molecule has 34 heavy (non-hydrogen) atoms. The van der Waals surface area contributed by atoms with Crippen LogP contribution >= 0.6 is 0 Å². The number of likely N-dealkylation sites (N-methyl/N-ethyl adjacent to an activating group) is 1. The van der Waals surface area contributed by atoms with Crippen molar-refractivity contribution in [1.82, 2.24) is 14.9 Å². The average Bonchev–Trinajstić information content (AvgIpc) is 3.61. The summed E-state index contributed by atoms with van der Waals surface area (Å²) in [6, 6.07) is 8.92. The van der Waals surface area contributed by atoms with E-state index >= 15 is 0 Å². The zero-order chi connectivity index (χ0) is 24.0. The Labute approximate surface area is 193 Å². The number of nitrogens with two attached hydrogens (primary N) is 1. The number of rotatable bonds is 6. The Kier molecular flexibility index (Phi) is 5.22. The highest BCUT2D eigenvalue weighted by atomic mass is 19.3. The Bertz CT molecular complexity index is 1310. The van der Waals surface area contributed by atoms with Crippen LogP contribution in [-0.2, 0) is 10.3 Å². The number of amides is 1. The highest BCUT2D eigenvalue weighted by molar-refractivity contribution is 6.09. The molecule has 3 aromatic rings. The van der Waals surface area contributed by atoms with Gasteiger partial charge in [-0.05, 0) is 65.9 Å². The minimum Gasteiger partial charge on any atom is -0.490 e. The number of aromatic nitrogens is 2. The maximum absolute atomic E-state index is 13.9. The van der Waals surface area contributed by atoms with Gasteiger partial charge in [0.15, 0.2) is 11.5 Å². The summed E-state index contributed by atoms with van der Waals surface area (Å²) in [5, 5.41) is 0. The van der Waals surface area contributed by atoms with Crippen molar-refractivity contribution in [2.45, 2.75) is 30.9 Å². The van der Waals surface area contributed by atoms with Crippen LogP contribution < -0.4 is 10.5 Å². The lowest BCUT2D eigenvalue weighted by atomic mass is 9.81. The molecule has 5 rings (SSSR count). The van der Waals surface area contributed by atoms with Gasteiger partial charge in [0.2, 0.25) is 0 Å².